The Labute approximate surface area is 192 Å². The molecule has 5 rings (SSSR count). The van der Waals surface area contributed by atoms with Gasteiger partial charge in [-0.3, -0.25) is 0 Å². The molecule has 5 aromatic carbocycles. The molecule has 0 nitrogen and oxygen atoms in total. The Bertz CT molecular complexity index is 1300. The largest absolute Gasteiger partial charge is 0.0622 e. The van der Waals surface area contributed by atoms with Crippen LogP contribution in [0, 0.1) is 0 Å². The van der Waals surface area contributed by atoms with Crippen molar-refractivity contribution in [1.29, 1.82) is 0 Å². The Kier molecular flexibility index (Phi) is 5.52. The molecule has 0 spiro atoms. The molecule has 0 aliphatic heterocycles. The third kappa shape index (κ3) is 4.38. The van der Waals surface area contributed by atoms with Crippen LogP contribution in [0.4, 0.5) is 0 Å². The van der Waals surface area contributed by atoms with E-state index < -0.39 is 0 Å². The molecule has 0 heterocycles. The average Bonchev–Trinajstić information content (AvgIpc) is 2.85. The van der Waals surface area contributed by atoms with Gasteiger partial charge in [-0.1, -0.05) is 125 Å². The Morgan fingerprint density at radius 1 is 0.290 bits per heavy atom. The summed E-state index contributed by atoms with van der Waals surface area (Å²) >= 11 is 3.57. The van der Waals surface area contributed by atoms with E-state index in [4.69, 9.17) is 0 Å². The molecule has 0 saturated carbocycles. The second kappa shape index (κ2) is 8.75. The van der Waals surface area contributed by atoms with E-state index in [1.54, 1.807) is 0 Å². The van der Waals surface area contributed by atoms with Crippen LogP contribution < -0.4 is 0 Å². The predicted molar refractivity (Wildman–Crippen MR) is 136 cm³/mol. The first-order valence-corrected chi connectivity index (χ1v) is 11.2. The highest BCUT2D eigenvalue weighted by Gasteiger charge is 2.04. The summed E-state index contributed by atoms with van der Waals surface area (Å²) < 4.78 is 1.10. The van der Waals surface area contributed by atoms with Crippen LogP contribution in [0.3, 0.4) is 0 Å². The molecular formula is C30H21Br. The fourth-order valence-corrected chi connectivity index (χ4v) is 4.29. The Morgan fingerprint density at radius 2 is 0.645 bits per heavy atom. The van der Waals surface area contributed by atoms with Crippen molar-refractivity contribution >= 4 is 15.9 Å². The number of hydrogen-bond donors (Lipinski definition) is 0. The first-order chi connectivity index (χ1) is 15.3. The molecule has 0 saturated heterocycles. The van der Waals surface area contributed by atoms with E-state index in [1.807, 2.05) is 6.07 Å². The molecule has 0 aliphatic carbocycles. The molecule has 148 valence electrons. The number of benzene rings is 5. The average molecular weight is 461 g/mol. The van der Waals surface area contributed by atoms with Crippen LogP contribution in [-0.4, -0.2) is 0 Å². The van der Waals surface area contributed by atoms with Crippen molar-refractivity contribution in [2.45, 2.75) is 0 Å². The van der Waals surface area contributed by atoms with Crippen LogP contribution in [-0.2, 0) is 0 Å². The number of halogens is 1. The fraction of sp³-hybridized carbons (Fsp3) is 0. The zero-order chi connectivity index (χ0) is 21.0. The lowest BCUT2D eigenvalue weighted by Crippen LogP contribution is -1.83. The smallest absolute Gasteiger partial charge is 0.0181 e. The van der Waals surface area contributed by atoms with Crippen LogP contribution in [0.15, 0.2) is 132 Å². The molecule has 5 aromatic rings. The molecule has 1 heteroatoms. The van der Waals surface area contributed by atoms with E-state index >= 15 is 0 Å². The Morgan fingerprint density at radius 3 is 1.16 bits per heavy atom. The molecular weight excluding hydrogens is 440 g/mol. The van der Waals surface area contributed by atoms with Crippen LogP contribution in [0.2, 0.25) is 0 Å². The summed E-state index contributed by atoms with van der Waals surface area (Å²) in [6.07, 6.45) is 0. The number of hydrogen-bond acceptors (Lipinski definition) is 0. The van der Waals surface area contributed by atoms with Gasteiger partial charge in [-0.2, -0.15) is 0 Å². The molecule has 0 N–H and O–H groups in total. The summed E-state index contributed by atoms with van der Waals surface area (Å²) in [6, 6.07) is 45.3. The van der Waals surface area contributed by atoms with Crippen molar-refractivity contribution in [3.63, 3.8) is 0 Å². The minimum atomic E-state index is 1.10. The Balaban J connectivity index is 1.40. The van der Waals surface area contributed by atoms with E-state index in [0.29, 0.717) is 0 Å². The third-order valence-corrected chi connectivity index (χ3v) is 6.06. The molecule has 31 heavy (non-hydrogen) atoms. The molecule has 0 amide bonds. The van der Waals surface area contributed by atoms with Gasteiger partial charge in [0.25, 0.3) is 0 Å². The van der Waals surface area contributed by atoms with Crippen molar-refractivity contribution in [3.8, 4) is 44.5 Å². The van der Waals surface area contributed by atoms with Gasteiger partial charge in [0.1, 0.15) is 0 Å². The second-order valence-corrected chi connectivity index (χ2v) is 8.53. The van der Waals surface area contributed by atoms with Crippen molar-refractivity contribution in [2.24, 2.45) is 0 Å². The van der Waals surface area contributed by atoms with Gasteiger partial charge in [-0.05, 0) is 62.7 Å². The van der Waals surface area contributed by atoms with Gasteiger partial charge >= 0.3 is 0 Å². The number of rotatable bonds is 4. The highest BCUT2D eigenvalue weighted by molar-refractivity contribution is 9.10. The van der Waals surface area contributed by atoms with Crippen LogP contribution in [0.25, 0.3) is 44.5 Å². The van der Waals surface area contributed by atoms with Crippen LogP contribution >= 0.6 is 15.9 Å². The van der Waals surface area contributed by atoms with Gasteiger partial charge in [-0.15, -0.1) is 0 Å². The lowest BCUT2D eigenvalue weighted by molar-refractivity contribution is 1.56. The summed E-state index contributed by atoms with van der Waals surface area (Å²) in [5.74, 6) is 0. The monoisotopic (exact) mass is 460 g/mol. The maximum absolute atomic E-state index is 3.57. The van der Waals surface area contributed by atoms with E-state index in [9.17, 15) is 0 Å². The highest BCUT2D eigenvalue weighted by atomic mass is 79.9. The molecule has 0 aliphatic rings. The van der Waals surface area contributed by atoms with Crippen molar-refractivity contribution in [2.75, 3.05) is 0 Å². The predicted octanol–water partition coefficient (Wildman–Crippen LogP) is 9.12. The summed E-state index contributed by atoms with van der Waals surface area (Å²) in [5, 5.41) is 0. The quantitative estimate of drug-likeness (QED) is 0.250. The van der Waals surface area contributed by atoms with Crippen LogP contribution in [0.1, 0.15) is 0 Å². The molecule has 0 unspecified atom stereocenters. The van der Waals surface area contributed by atoms with E-state index in [1.165, 1.54) is 44.5 Å². The SMILES string of the molecule is Brc1cccc(-c2cccc(-c3ccc(-c4ccc(-c5ccccc5)cc4)cc3)c2)c1. The lowest BCUT2D eigenvalue weighted by atomic mass is 9.96. The maximum Gasteiger partial charge on any atom is 0.0181 e. The van der Waals surface area contributed by atoms with Gasteiger partial charge in [0.2, 0.25) is 0 Å². The highest BCUT2D eigenvalue weighted by Crippen LogP contribution is 2.30. The van der Waals surface area contributed by atoms with Crippen molar-refractivity contribution in [3.05, 3.63) is 132 Å². The standard InChI is InChI=1S/C30H21Br/c31-30-11-5-10-29(21-30)28-9-4-8-27(20-28)26-18-16-25(17-19-26)24-14-12-23(13-15-24)22-6-2-1-3-7-22/h1-21H. The minimum Gasteiger partial charge on any atom is -0.0622 e. The summed E-state index contributed by atoms with van der Waals surface area (Å²) in [6.45, 7) is 0. The van der Waals surface area contributed by atoms with Gasteiger partial charge < -0.3 is 0 Å². The summed E-state index contributed by atoms with van der Waals surface area (Å²) in [5.41, 5.74) is 9.83. The normalized spacial score (nSPS) is 10.7. The first kappa shape index (κ1) is 19.5. The molecule has 0 aromatic heterocycles. The molecule has 0 fully saturated rings. The van der Waals surface area contributed by atoms with Gasteiger partial charge in [0.15, 0.2) is 0 Å². The molecule has 0 bridgehead atoms. The Hall–Kier alpha value is -3.42. The van der Waals surface area contributed by atoms with E-state index in [2.05, 4.69) is 137 Å². The topological polar surface area (TPSA) is 0 Å². The van der Waals surface area contributed by atoms with E-state index in [0.717, 1.165) is 4.47 Å². The fourth-order valence-electron chi connectivity index (χ4n) is 3.89. The first-order valence-electron chi connectivity index (χ1n) is 10.4. The van der Waals surface area contributed by atoms with Gasteiger partial charge in [-0.25, -0.2) is 0 Å². The maximum atomic E-state index is 3.57. The molecule has 0 atom stereocenters. The van der Waals surface area contributed by atoms with Gasteiger partial charge in [0, 0.05) is 4.47 Å². The zero-order valence-electron chi connectivity index (χ0n) is 17.0. The summed E-state index contributed by atoms with van der Waals surface area (Å²) in [7, 11) is 0. The third-order valence-electron chi connectivity index (χ3n) is 5.56. The van der Waals surface area contributed by atoms with Gasteiger partial charge in [0.05, 0.1) is 0 Å². The van der Waals surface area contributed by atoms with Crippen LogP contribution in [0.5, 0.6) is 0 Å². The van der Waals surface area contributed by atoms with Crippen molar-refractivity contribution < 1.29 is 0 Å². The minimum absolute atomic E-state index is 1.10. The second-order valence-electron chi connectivity index (χ2n) is 7.61. The lowest BCUT2D eigenvalue weighted by Gasteiger charge is -2.09. The van der Waals surface area contributed by atoms with Crippen molar-refractivity contribution in [1.82, 2.24) is 0 Å². The van der Waals surface area contributed by atoms with E-state index in [-0.39, 0.29) is 0 Å². The molecule has 0 radical (unpaired) electrons. The zero-order valence-corrected chi connectivity index (χ0v) is 18.6. The summed E-state index contributed by atoms with van der Waals surface area (Å²) in [4.78, 5) is 0.